The third-order valence-electron chi connectivity index (χ3n) is 3.74. The van der Waals surface area contributed by atoms with Crippen LogP contribution in [-0.2, 0) is 11.2 Å². The molecular formula is C18H20N2OS. The van der Waals surface area contributed by atoms with Crippen LogP contribution in [0.1, 0.15) is 5.56 Å². The number of anilines is 1. The van der Waals surface area contributed by atoms with Gasteiger partial charge < -0.3 is 10.2 Å². The molecule has 1 heterocycles. The van der Waals surface area contributed by atoms with Crippen LogP contribution in [0.25, 0.3) is 0 Å². The minimum Gasteiger partial charge on any atom is -0.360 e. The molecule has 0 spiro atoms. The molecule has 1 aliphatic rings. The highest BCUT2D eigenvalue weighted by Gasteiger charge is 2.18. The summed E-state index contributed by atoms with van der Waals surface area (Å²) in [5.41, 5.74) is 2.43. The molecular weight excluding hydrogens is 292 g/mol. The van der Waals surface area contributed by atoms with Gasteiger partial charge in [-0.05, 0) is 24.1 Å². The van der Waals surface area contributed by atoms with Crippen molar-refractivity contribution in [2.24, 2.45) is 0 Å². The zero-order valence-corrected chi connectivity index (χ0v) is 13.3. The fourth-order valence-electron chi connectivity index (χ4n) is 2.61. The Morgan fingerprint density at radius 2 is 1.86 bits per heavy atom. The summed E-state index contributed by atoms with van der Waals surface area (Å²) in [6.45, 7) is 2.05. The lowest BCUT2D eigenvalue weighted by Crippen LogP contribution is -2.40. The normalized spacial score (nSPS) is 13.5. The Morgan fingerprint density at radius 3 is 2.73 bits per heavy atom. The number of benzene rings is 2. The van der Waals surface area contributed by atoms with Gasteiger partial charge in [-0.2, -0.15) is 0 Å². The Labute approximate surface area is 135 Å². The predicted molar refractivity (Wildman–Crippen MR) is 92.5 cm³/mol. The van der Waals surface area contributed by atoms with E-state index < -0.39 is 0 Å². The molecule has 22 heavy (non-hydrogen) atoms. The third kappa shape index (κ3) is 3.83. The van der Waals surface area contributed by atoms with Crippen LogP contribution in [0.15, 0.2) is 59.5 Å². The fraction of sp³-hybridized carbons (Fsp3) is 0.278. The first-order chi connectivity index (χ1) is 10.8. The van der Waals surface area contributed by atoms with Crippen molar-refractivity contribution >= 4 is 23.4 Å². The number of nitrogens with zero attached hydrogens (tertiary/aromatic N) is 1. The largest absolute Gasteiger partial charge is 0.360 e. The number of carbonyl (C=O) groups excluding carboxylic acids is 1. The number of hydrogen-bond acceptors (Lipinski definition) is 3. The van der Waals surface area contributed by atoms with E-state index in [9.17, 15) is 4.79 Å². The van der Waals surface area contributed by atoms with E-state index in [0.717, 1.165) is 18.7 Å². The smallest absolute Gasteiger partial charge is 0.239 e. The van der Waals surface area contributed by atoms with Crippen molar-refractivity contribution in [1.29, 1.82) is 0 Å². The first kappa shape index (κ1) is 15.0. The van der Waals surface area contributed by atoms with E-state index in [2.05, 4.69) is 40.5 Å². The Kier molecular flexibility index (Phi) is 5.01. The summed E-state index contributed by atoms with van der Waals surface area (Å²) in [6.07, 6.45) is 0.874. The highest BCUT2D eigenvalue weighted by atomic mass is 32.2. The summed E-state index contributed by atoms with van der Waals surface area (Å²) >= 11 is 1.86. The number of para-hydroxylation sites is 1. The molecule has 2 aromatic carbocycles. The van der Waals surface area contributed by atoms with Crippen molar-refractivity contribution in [2.75, 3.05) is 30.3 Å². The van der Waals surface area contributed by atoms with Crippen LogP contribution in [-0.4, -0.2) is 31.3 Å². The van der Waals surface area contributed by atoms with Crippen LogP contribution in [0.2, 0.25) is 0 Å². The Balaban J connectivity index is 1.50. The summed E-state index contributed by atoms with van der Waals surface area (Å²) < 4.78 is 0. The molecule has 3 rings (SSSR count). The van der Waals surface area contributed by atoms with Crippen molar-refractivity contribution in [3.05, 3.63) is 60.2 Å². The van der Waals surface area contributed by atoms with Gasteiger partial charge in [-0.25, -0.2) is 0 Å². The van der Waals surface area contributed by atoms with E-state index in [1.807, 2.05) is 36.0 Å². The Hall–Kier alpha value is -1.94. The van der Waals surface area contributed by atoms with Gasteiger partial charge in [-0.1, -0.05) is 42.5 Å². The molecule has 0 aromatic heterocycles. The monoisotopic (exact) mass is 312 g/mol. The summed E-state index contributed by atoms with van der Waals surface area (Å²) in [4.78, 5) is 15.6. The SMILES string of the molecule is O=C(CN1CCSc2ccccc21)NCCc1ccccc1. The van der Waals surface area contributed by atoms with Gasteiger partial charge in [0.25, 0.3) is 0 Å². The van der Waals surface area contributed by atoms with Crippen molar-refractivity contribution in [3.8, 4) is 0 Å². The molecule has 4 heteroatoms. The van der Waals surface area contributed by atoms with E-state index in [0.29, 0.717) is 13.1 Å². The molecule has 0 saturated carbocycles. The summed E-state index contributed by atoms with van der Waals surface area (Å²) in [5.74, 6) is 1.13. The number of fused-ring (bicyclic) bond motifs is 1. The van der Waals surface area contributed by atoms with E-state index >= 15 is 0 Å². The third-order valence-corrected chi connectivity index (χ3v) is 4.78. The van der Waals surface area contributed by atoms with Gasteiger partial charge in [0.2, 0.25) is 5.91 Å². The molecule has 1 aliphatic heterocycles. The molecule has 0 aliphatic carbocycles. The lowest BCUT2D eigenvalue weighted by Gasteiger charge is -2.30. The molecule has 0 unspecified atom stereocenters. The highest BCUT2D eigenvalue weighted by Crippen LogP contribution is 2.33. The number of carbonyl (C=O) groups is 1. The quantitative estimate of drug-likeness (QED) is 0.921. The number of thioether (sulfide) groups is 1. The van der Waals surface area contributed by atoms with E-state index in [4.69, 9.17) is 0 Å². The maximum Gasteiger partial charge on any atom is 0.239 e. The van der Waals surface area contributed by atoms with Gasteiger partial charge in [0.1, 0.15) is 0 Å². The van der Waals surface area contributed by atoms with Crippen LogP contribution < -0.4 is 10.2 Å². The minimum absolute atomic E-state index is 0.0950. The zero-order valence-electron chi connectivity index (χ0n) is 12.5. The minimum atomic E-state index is 0.0950. The predicted octanol–water partition coefficient (Wildman–Crippen LogP) is 2.96. The fourth-order valence-corrected chi connectivity index (χ4v) is 3.66. The summed E-state index contributed by atoms with van der Waals surface area (Å²) in [5, 5.41) is 3.02. The van der Waals surface area contributed by atoms with E-state index in [1.165, 1.54) is 16.1 Å². The number of nitrogens with one attached hydrogen (secondary N) is 1. The van der Waals surface area contributed by atoms with Crippen LogP contribution >= 0.6 is 11.8 Å². The van der Waals surface area contributed by atoms with Crippen LogP contribution in [0.5, 0.6) is 0 Å². The van der Waals surface area contributed by atoms with Crippen molar-refractivity contribution in [3.63, 3.8) is 0 Å². The second kappa shape index (κ2) is 7.36. The average Bonchev–Trinajstić information content (AvgIpc) is 2.56. The van der Waals surface area contributed by atoms with Gasteiger partial charge in [0.05, 0.1) is 12.2 Å². The van der Waals surface area contributed by atoms with Gasteiger partial charge in [-0.3, -0.25) is 4.79 Å². The second-order valence-electron chi connectivity index (χ2n) is 5.32. The Bertz CT molecular complexity index is 630. The number of hydrogen-bond donors (Lipinski definition) is 1. The lowest BCUT2D eigenvalue weighted by atomic mass is 10.1. The van der Waals surface area contributed by atoms with Gasteiger partial charge in [0.15, 0.2) is 0 Å². The Morgan fingerprint density at radius 1 is 1.09 bits per heavy atom. The molecule has 0 radical (unpaired) electrons. The van der Waals surface area contributed by atoms with E-state index in [-0.39, 0.29) is 5.91 Å². The molecule has 114 valence electrons. The molecule has 0 saturated heterocycles. The average molecular weight is 312 g/mol. The van der Waals surface area contributed by atoms with E-state index in [1.54, 1.807) is 0 Å². The first-order valence-electron chi connectivity index (χ1n) is 7.60. The van der Waals surface area contributed by atoms with Crippen molar-refractivity contribution in [1.82, 2.24) is 5.32 Å². The van der Waals surface area contributed by atoms with Gasteiger partial charge in [0, 0.05) is 23.7 Å². The molecule has 2 aromatic rings. The van der Waals surface area contributed by atoms with Crippen LogP contribution in [0, 0.1) is 0 Å². The standard InChI is InChI=1S/C18H20N2OS/c21-18(19-11-10-15-6-2-1-3-7-15)14-20-12-13-22-17-9-5-4-8-16(17)20/h1-9H,10-14H2,(H,19,21). The van der Waals surface area contributed by atoms with Gasteiger partial charge in [-0.15, -0.1) is 11.8 Å². The zero-order chi connectivity index (χ0) is 15.2. The second-order valence-corrected chi connectivity index (χ2v) is 6.46. The van der Waals surface area contributed by atoms with Crippen LogP contribution in [0.4, 0.5) is 5.69 Å². The van der Waals surface area contributed by atoms with Crippen molar-refractivity contribution < 1.29 is 4.79 Å². The molecule has 3 nitrogen and oxygen atoms in total. The summed E-state index contributed by atoms with van der Waals surface area (Å²) in [6, 6.07) is 18.5. The molecule has 0 fully saturated rings. The van der Waals surface area contributed by atoms with Crippen molar-refractivity contribution in [2.45, 2.75) is 11.3 Å². The summed E-state index contributed by atoms with van der Waals surface area (Å²) in [7, 11) is 0. The maximum atomic E-state index is 12.2. The molecule has 0 atom stereocenters. The van der Waals surface area contributed by atoms with Crippen LogP contribution in [0.3, 0.4) is 0 Å². The van der Waals surface area contributed by atoms with Gasteiger partial charge >= 0.3 is 0 Å². The first-order valence-corrected chi connectivity index (χ1v) is 8.59. The molecule has 0 bridgehead atoms. The lowest BCUT2D eigenvalue weighted by molar-refractivity contribution is -0.119. The highest BCUT2D eigenvalue weighted by molar-refractivity contribution is 7.99. The number of rotatable bonds is 5. The maximum absolute atomic E-state index is 12.2. The molecule has 1 amide bonds. The number of amides is 1. The molecule has 1 N–H and O–H groups in total. The topological polar surface area (TPSA) is 32.3 Å².